The van der Waals surface area contributed by atoms with Crippen LogP contribution in [-0.4, -0.2) is 31.1 Å². The standard InChI is InChI=1S/C23H24N4O3S2/c1-3-4-5-10-24-20-17(21(28)26-13-15(2)8-9-19(26)25-20)12-18-22(29)27(23(31)32-18)14-16-7-6-11-30-16/h6-9,11-13,24H,3-5,10,14H2,1-2H3. The summed E-state index contributed by atoms with van der Waals surface area (Å²) in [6, 6.07) is 7.30. The summed E-state index contributed by atoms with van der Waals surface area (Å²) in [5.74, 6) is 0.872. The number of carbonyl (C=O) groups is 1. The minimum absolute atomic E-state index is 0.229. The fourth-order valence-corrected chi connectivity index (χ4v) is 4.67. The average molecular weight is 469 g/mol. The highest BCUT2D eigenvalue weighted by Crippen LogP contribution is 2.34. The van der Waals surface area contributed by atoms with Gasteiger partial charge in [0, 0.05) is 12.7 Å². The van der Waals surface area contributed by atoms with Crippen LogP contribution in [0.15, 0.2) is 50.8 Å². The van der Waals surface area contributed by atoms with Gasteiger partial charge in [0.2, 0.25) is 0 Å². The molecule has 4 rings (SSSR count). The van der Waals surface area contributed by atoms with E-state index >= 15 is 0 Å². The Morgan fingerprint density at radius 1 is 1.25 bits per heavy atom. The van der Waals surface area contributed by atoms with E-state index in [1.54, 1.807) is 30.7 Å². The summed E-state index contributed by atoms with van der Waals surface area (Å²) in [5, 5.41) is 3.29. The van der Waals surface area contributed by atoms with E-state index in [0.29, 0.717) is 38.6 Å². The average Bonchev–Trinajstić information content (AvgIpc) is 3.38. The minimum Gasteiger partial charge on any atom is -0.467 e. The van der Waals surface area contributed by atoms with Crippen molar-refractivity contribution in [3.05, 3.63) is 68.9 Å². The molecule has 4 heterocycles. The SMILES string of the molecule is CCCCCNc1nc2ccc(C)cn2c(=O)c1C=C1SC(=S)N(Cc2ccco2)C1=O. The quantitative estimate of drug-likeness (QED) is 0.294. The fourth-order valence-electron chi connectivity index (χ4n) is 3.43. The van der Waals surface area contributed by atoms with Crippen molar-refractivity contribution in [2.45, 2.75) is 39.7 Å². The Morgan fingerprint density at radius 2 is 2.09 bits per heavy atom. The van der Waals surface area contributed by atoms with Crippen LogP contribution < -0.4 is 10.9 Å². The number of nitrogens with zero attached hydrogens (tertiary/aromatic N) is 3. The molecule has 166 valence electrons. The highest BCUT2D eigenvalue weighted by atomic mass is 32.2. The zero-order valence-electron chi connectivity index (χ0n) is 18.0. The van der Waals surface area contributed by atoms with Gasteiger partial charge in [0.1, 0.15) is 21.5 Å². The summed E-state index contributed by atoms with van der Waals surface area (Å²) >= 11 is 6.59. The number of aryl methyl sites for hydroxylation is 1. The second-order valence-electron chi connectivity index (χ2n) is 7.59. The number of rotatable bonds is 8. The van der Waals surface area contributed by atoms with Crippen LogP contribution >= 0.6 is 24.0 Å². The number of thioether (sulfide) groups is 1. The first kappa shape index (κ1) is 22.3. The first-order chi connectivity index (χ1) is 15.5. The maximum absolute atomic E-state index is 13.4. The molecule has 0 atom stereocenters. The Hall–Kier alpha value is -2.91. The monoisotopic (exact) mass is 468 g/mol. The van der Waals surface area contributed by atoms with Crippen LogP contribution in [0, 0.1) is 6.92 Å². The molecule has 1 aliphatic rings. The topological polar surface area (TPSA) is 79.9 Å². The Labute approximate surface area is 195 Å². The molecule has 0 radical (unpaired) electrons. The smallest absolute Gasteiger partial charge is 0.267 e. The van der Waals surface area contributed by atoms with Crippen LogP contribution in [0.5, 0.6) is 0 Å². The molecule has 1 N–H and O–H groups in total. The number of furan rings is 1. The summed E-state index contributed by atoms with van der Waals surface area (Å²) in [4.78, 5) is 32.9. The first-order valence-electron chi connectivity index (χ1n) is 10.5. The van der Waals surface area contributed by atoms with Gasteiger partial charge < -0.3 is 9.73 Å². The first-order valence-corrected chi connectivity index (χ1v) is 11.7. The molecule has 1 aliphatic heterocycles. The molecule has 0 spiro atoms. The predicted octanol–water partition coefficient (Wildman–Crippen LogP) is 4.60. The van der Waals surface area contributed by atoms with E-state index in [9.17, 15) is 9.59 Å². The lowest BCUT2D eigenvalue weighted by molar-refractivity contribution is -0.122. The summed E-state index contributed by atoms with van der Waals surface area (Å²) in [6.45, 7) is 5.01. The van der Waals surface area contributed by atoms with Gasteiger partial charge in [-0.15, -0.1) is 0 Å². The Balaban J connectivity index is 1.72. The van der Waals surface area contributed by atoms with E-state index < -0.39 is 0 Å². The van der Waals surface area contributed by atoms with Crippen molar-refractivity contribution in [1.82, 2.24) is 14.3 Å². The van der Waals surface area contributed by atoms with Crippen molar-refractivity contribution in [1.29, 1.82) is 0 Å². The number of carbonyl (C=O) groups excluding carboxylic acids is 1. The molecular weight excluding hydrogens is 444 g/mol. The molecule has 0 aromatic carbocycles. The Kier molecular flexibility index (Phi) is 6.76. The van der Waals surface area contributed by atoms with Gasteiger partial charge in [0.25, 0.3) is 11.5 Å². The normalized spacial score (nSPS) is 15.3. The second-order valence-corrected chi connectivity index (χ2v) is 9.27. The number of fused-ring (bicyclic) bond motifs is 1. The lowest BCUT2D eigenvalue weighted by atomic mass is 10.2. The number of hydrogen-bond donors (Lipinski definition) is 1. The highest BCUT2D eigenvalue weighted by Gasteiger charge is 2.33. The molecule has 3 aromatic heterocycles. The number of anilines is 1. The van der Waals surface area contributed by atoms with Crippen molar-refractivity contribution in [2.24, 2.45) is 0 Å². The molecule has 9 heteroatoms. The van der Waals surface area contributed by atoms with Crippen molar-refractivity contribution in [3.63, 3.8) is 0 Å². The number of aromatic nitrogens is 2. The maximum Gasteiger partial charge on any atom is 0.267 e. The van der Waals surface area contributed by atoms with Gasteiger partial charge >= 0.3 is 0 Å². The molecule has 3 aromatic rings. The third-order valence-corrected chi connectivity index (χ3v) is 6.50. The van der Waals surface area contributed by atoms with Crippen LogP contribution in [-0.2, 0) is 11.3 Å². The lowest BCUT2D eigenvalue weighted by Gasteiger charge is -2.12. The second kappa shape index (κ2) is 9.70. The van der Waals surface area contributed by atoms with Crippen LogP contribution in [0.25, 0.3) is 11.7 Å². The summed E-state index contributed by atoms with van der Waals surface area (Å²) in [6.07, 6.45) is 8.07. The van der Waals surface area contributed by atoms with Crippen molar-refractivity contribution >= 4 is 51.7 Å². The van der Waals surface area contributed by atoms with Crippen molar-refractivity contribution < 1.29 is 9.21 Å². The van der Waals surface area contributed by atoms with Gasteiger partial charge in [-0.3, -0.25) is 18.9 Å². The molecule has 0 unspecified atom stereocenters. The third kappa shape index (κ3) is 4.63. The molecule has 0 aliphatic carbocycles. The van der Waals surface area contributed by atoms with Gasteiger partial charge in [0.15, 0.2) is 0 Å². The van der Waals surface area contributed by atoms with Crippen molar-refractivity contribution in [3.8, 4) is 0 Å². The van der Waals surface area contributed by atoms with Gasteiger partial charge in [-0.05, 0) is 43.2 Å². The molecule has 7 nitrogen and oxygen atoms in total. The summed E-state index contributed by atoms with van der Waals surface area (Å²) in [7, 11) is 0. The molecule has 0 bridgehead atoms. The highest BCUT2D eigenvalue weighted by molar-refractivity contribution is 8.26. The van der Waals surface area contributed by atoms with E-state index in [1.165, 1.54) is 21.1 Å². The Morgan fingerprint density at radius 3 is 2.84 bits per heavy atom. The van der Waals surface area contributed by atoms with Gasteiger partial charge in [-0.25, -0.2) is 4.98 Å². The molecule has 1 amide bonds. The molecular formula is C23H24N4O3S2. The number of hydrogen-bond acceptors (Lipinski definition) is 7. The van der Waals surface area contributed by atoms with E-state index in [1.807, 2.05) is 19.1 Å². The van der Waals surface area contributed by atoms with Crippen LogP contribution in [0.4, 0.5) is 5.82 Å². The third-order valence-electron chi connectivity index (χ3n) is 5.12. The lowest BCUT2D eigenvalue weighted by Crippen LogP contribution is -2.27. The Bertz CT molecular complexity index is 1250. The fraction of sp³-hybridized carbons (Fsp3) is 0.304. The minimum atomic E-state index is -0.248. The molecule has 32 heavy (non-hydrogen) atoms. The molecule has 1 saturated heterocycles. The van der Waals surface area contributed by atoms with E-state index in [4.69, 9.17) is 16.6 Å². The van der Waals surface area contributed by atoms with Crippen LogP contribution in [0.2, 0.25) is 0 Å². The van der Waals surface area contributed by atoms with Crippen molar-refractivity contribution in [2.75, 3.05) is 11.9 Å². The number of nitrogens with one attached hydrogen (secondary N) is 1. The maximum atomic E-state index is 13.4. The van der Waals surface area contributed by atoms with E-state index in [0.717, 1.165) is 24.8 Å². The summed E-state index contributed by atoms with van der Waals surface area (Å²) in [5.41, 5.74) is 1.62. The predicted molar refractivity (Wildman–Crippen MR) is 132 cm³/mol. The number of pyridine rings is 1. The zero-order chi connectivity index (χ0) is 22.7. The number of unbranched alkanes of at least 4 members (excludes halogenated alkanes) is 2. The number of amides is 1. The van der Waals surface area contributed by atoms with Gasteiger partial charge in [-0.2, -0.15) is 0 Å². The molecule has 0 saturated carbocycles. The van der Waals surface area contributed by atoms with Crippen LogP contribution in [0.1, 0.15) is 43.1 Å². The van der Waals surface area contributed by atoms with E-state index in [2.05, 4.69) is 17.2 Å². The number of thiocarbonyl (C=S) groups is 1. The largest absolute Gasteiger partial charge is 0.467 e. The van der Waals surface area contributed by atoms with Crippen LogP contribution in [0.3, 0.4) is 0 Å². The summed E-state index contributed by atoms with van der Waals surface area (Å²) < 4.78 is 7.30. The van der Waals surface area contributed by atoms with E-state index in [-0.39, 0.29) is 18.0 Å². The molecule has 1 fully saturated rings. The zero-order valence-corrected chi connectivity index (χ0v) is 19.6. The van der Waals surface area contributed by atoms with Gasteiger partial charge in [-0.1, -0.05) is 49.8 Å². The van der Waals surface area contributed by atoms with Gasteiger partial charge in [0.05, 0.1) is 23.3 Å².